The minimum atomic E-state index is 0.343. The van der Waals surface area contributed by atoms with Gasteiger partial charge in [0.15, 0.2) is 0 Å². The van der Waals surface area contributed by atoms with E-state index < -0.39 is 0 Å². The molecule has 0 amide bonds. The lowest BCUT2D eigenvalue weighted by atomic mass is 9.95. The lowest BCUT2D eigenvalue weighted by Crippen LogP contribution is -2.27. The zero-order chi connectivity index (χ0) is 12.4. The van der Waals surface area contributed by atoms with Gasteiger partial charge in [0.1, 0.15) is 0 Å². The molecule has 0 aromatic carbocycles. The van der Waals surface area contributed by atoms with Gasteiger partial charge in [0.25, 0.3) is 0 Å². The van der Waals surface area contributed by atoms with Gasteiger partial charge in [-0.2, -0.15) is 5.10 Å². The van der Waals surface area contributed by atoms with Crippen LogP contribution in [0.5, 0.6) is 0 Å². The Hall–Kier alpha value is -0.540. The third kappa shape index (κ3) is 2.50. The summed E-state index contributed by atoms with van der Waals surface area (Å²) in [5, 5.41) is 8.63. The Morgan fingerprint density at radius 1 is 1.41 bits per heavy atom. The maximum Gasteiger partial charge on any atom is 0.0834 e. The van der Waals surface area contributed by atoms with E-state index in [1.54, 1.807) is 6.20 Å². The van der Waals surface area contributed by atoms with Crippen molar-refractivity contribution < 1.29 is 0 Å². The van der Waals surface area contributed by atoms with Crippen LogP contribution in [0, 0.1) is 5.92 Å². The summed E-state index contributed by atoms with van der Waals surface area (Å²) in [5.74, 6) is 0.701. The zero-order valence-corrected chi connectivity index (χ0v) is 11.7. The molecular weight excluding hydrogens is 234 g/mol. The normalized spacial score (nSPS) is 19.1. The number of nitrogens with one attached hydrogen (secondary N) is 1. The molecular formula is C13H22ClN3. The van der Waals surface area contributed by atoms with Crippen molar-refractivity contribution >= 4 is 11.6 Å². The maximum atomic E-state index is 6.32. The van der Waals surface area contributed by atoms with Crippen LogP contribution < -0.4 is 5.32 Å². The first kappa shape index (κ1) is 12.9. The zero-order valence-electron chi connectivity index (χ0n) is 10.9. The molecule has 17 heavy (non-hydrogen) atoms. The van der Waals surface area contributed by atoms with Crippen LogP contribution in [0.1, 0.15) is 57.3 Å². The molecule has 1 unspecified atom stereocenters. The maximum absolute atomic E-state index is 6.32. The fourth-order valence-electron chi connectivity index (χ4n) is 2.94. The Labute approximate surface area is 109 Å². The highest BCUT2D eigenvalue weighted by Crippen LogP contribution is 2.38. The van der Waals surface area contributed by atoms with Crippen LogP contribution in [-0.2, 0) is 0 Å². The predicted octanol–water partition coefficient (Wildman–Crippen LogP) is 3.57. The molecule has 0 spiro atoms. The molecule has 3 nitrogen and oxygen atoms in total. The first-order valence-electron chi connectivity index (χ1n) is 6.55. The van der Waals surface area contributed by atoms with Gasteiger partial charge in [0.2, 0.25) is 0 Å². The Morgan fingerprint density at radius 3 is 2.59 bits per heavy atom. The highest BCUT2D eigenvalue weighted by atomic mass is 35.5. The predicted molar refractivity (Wildman–Crippen MR) is 71.4 cm³/mol. The van der Waals surface area contributed by atoms with Gasteiger partial charge in [0, 0.05) is 6.04 Å². The average molecular weight is 256 g/mol. The van der Waals surface area contributed by atoms with Gasteiger partial charge in [-0.15, -0.1) is 0 Å². The second-order valence-corrected chi connectivity index (χ2v) is 5.63. The SMILES string of the molecule is CNC(c1c(Cl)cnn1C(C)C)C1CCCC1. The third-order valence-corrected chi connectivity index (χ3v) is 4.04. The summed E-state index contributed by atoms with van der Waals surface area (Å²) in [6, 6.07) is 0.699. The molecule has 1 N–H and O–H groups in total. The van der Waals surface area contributed by atoms with Crippen molar-refractivity contribution in [1.29, 1.82) is 0 Å². The van der Waals surface area contributed by atoms with E-state index >= 15 is 0 Å². The van der Waals surface area contributed by atoms with Gasteiger partial charge >= 0.3 is 0 Å². The van der Waals surface area contributed by atoms with Crippen molar-refractivity contribution in [2.24, 2.45) is 5.92 Å². The summed E-state index contributed by atoms with van der Waals surface area (Å²) in [7, 11) is 2.02. The highest BCUT2D eigenvalue weighted by molar-refractivity contribution is 6.31. The monoisotopic (exact) mass is 255 g/mol. The molecule has 0 bridgehead atoms. The Kier molecular flexibility index (Phi) is 4.10. The van der Waals surface area contributed by atoms with Crippen LogP contribution in [0.25, 0.3) is 0 Å². The summed E-state index contributed by atoms with van der Waals surface area (Å²) < 4.78 is 2.06. The molecule has 0 aliphatic heterocycles. The summed E-state index contributed by atoms with van der Waals surface area (Å²) in [4.78, 5) is 0. The van der Waals surface area contributed by atoms with Gasteiger partial charge in [-0.3, -0.25) is 4.68 Å². The van der Waals surface area contributed by atoms with Crippen LogP contribution in [0.2, 0.25) is 5.02 Å². The minimum absolute atomic E-state index is 0.343. The van der Waals surface area contributed by atoms with E-state index in [0.29, 0.717) is 18.0 Å². The Morgan fingerprint density at radius 2 is 2.06 bits per heavy atom. The van der Waals surface area contributed by atoms with E-state index in [4.69, 9.17) is 11.6 Å². The molecule has 1 aliphatic rings. The average Bonchev–Trinajstić information content (AvgIpc) is 2.91. The molecule has 1 aromatic rings. The molecule has 1 aliphatic carbocycles. The molecule has 2 rings (SSSR count). The van der Waals surface area contributed by atoms with Crippen molar-refractivity contribution in [2.45, 2.75) is 51.6 Å². The van der Waals surface area contributed by atoms with Crippen LogP contribution in [0.15, 0.2) is 6.20 Å². The number of aromatic nitrogens is 2. The number of hydrogen-bond acceptors (Lipinski definition) is 2. The summed E-state index contributed by atoms with van der Waals surface area (Å²) in [6.45, 7) is 4.29. The van der Waals surface area contributed by atoms with Crippen LogP contribution >= 0.6 is 11.6 Å². The van der Waals surface area contributed by atoms with E-state index in [2.05, 4.69) is 28.9 Å². The van der Waals surface area contributed by atoms with Crippen LogP contribution in [0.3, 0.4) is 0 Å². The summed E-state index contributed by atoms with van der Waals surface area (Å²) in [6.07, 6.45) is 7.05. The van der Waals surface area contributed by atoms with E-state index in [0.717, 1.165) is 10.7 Å². The quantitative estimate of drug-likeness (QED) is 0.892. The van der Waals surface area contributed by atoms with Crippen molar-refractivity contribution in [3.63, 3.8) is 0 Å². The van der Waals surface area contributed by atoms with E-state index in [1.807, 2.05) is 7.05 Å². The third-order valence-electron chi connectivity index (χ3n) is 3.75. The molecule has 1 atom stereocenters. The summed E-state index contributed by atoms with van der Waals surface area (Å²) in [5.41, 5.74) is 1.16. The second-order valence-electron chi connectivity index (χ2n) is 5.23. The first-order valence-corrected chi connectivity index (χ1v) is 6.93. The smallest absolute Gasteiger partial charge is 0.0834 e. The molecule has 1 saturated carbocycles. The lowest BCUT2D eigenvalue weighted by Gasteiger charge is -2.25. The molecule has 0 saturated heterocycles. The molecule has 96 valence electrons. The largest absolute Gasteiger partial charge is 0.311 e. The molecule has 0 radical (unpaired) electrons. The van der Waals surface area contributed by atoms with Gasteiger partial charge in [-0.1, -0.05) is 24.4 Å². The fourth-order valence-corrected chi connectivity index (χ4v) is 3.19. The number of hydrogen-bond donors (Lipinski definition) is 1. The molecule has 1 heterocycles. The van der Waals surface area contributed by atoms with Crippen molar-refractivity contribution in [2.75, 3.05) is 7.05 Å². The molecule has 1 fully saturated rings. The van der Waals surface area contributed by atoms with Gasteiger partial charge in [-0.25, -0.2) is 0 Å². The minimum Gasteiger partial charge on any atom is -0.311 e. The first-order chi connectivity index (χ1) is 8.15. The van der Waals surface area contributed by atoms with Gasteiger partial charge in [-0.05, 0) is 39.7 Å². The molecule has 4 heteroatoms. The Bertz CT molecular complexity index is 367. The topological polar surface area (TPSA) is 29.9 Å². The highest BCUT2D eigenvalue weighted by Gasteiger charge is 2.29. The van der Waals surface area contributed by atoms with Crippen molar-refractivity contribution in [1.82, 2.24) is 15.1 Å². The van der Waals surface area contributed by atoms with E-state index in [9.17, 15) is 0 Å². The number of nitrogens with zero attached hydrogens (tertiary/aromatic N) is 2. The van der Waals surface area contributed by atoms with E-state index in [-0.39, 0.29) is 0 Å². The lowest BCUT2D eigenvalue weighted by molar-refractivity contribution is 0.355. The van der Waals surface area contributed by atoms with Gasteiger partial charge < -0.3 is 5.32 Å². The summed E-state index contributed by atoms with van der Waals surface area (Å²) >= 11 is 6.32. The van der Waals surface area contributed by atoms with Crippen LogP contribution in [-0.4, -0.2) is 16.8 Å². The van der Waals surface area contributed by atoms with Crippen LogP contribution in [0.4, 0.5) is 0 Å². The van der Waals surface area contributed by atoms with Crippen molar-refractivity contribution in [3.8, 4) is 0 Å². The standard InChI is InChI=1S/C13H22ClN3/c1-9(2)17-13(11(14)8-16-17)12(15-3)10-6-4-5-7-10/h8-10,12,15H,4-7H2,1-3H3. The fraction of sp³-hybridized carbons (Fsp3) is 0.769. The van der Waals surface area contributed by atoms with Gasteiger partial charge in [0.05, 0.1) is 23.0 Å². The molecule has 1 aromatic heterocycles. The van der Waals surface area contributed by atoms with E-state index in [1.165, 1.54) is 25.7 Å². The van der Waals surface area contributed by atoms with Crippen molar-refractivity contribution in [3.05, 3.63) is 16.9 Å². The second kappa shape index (κ2) is 5.40. The number of halogens is 1. The number of rotatable bonds is 4. The Balaban J connectivity index is 2.32.